The number of carboxylic acid groups (broad SMARTS) is 1. The number of halogens is 1. The fraction of sp³-hybridized carbons (Fsp3) is 0.316. The molecular formula is C19H21FN2O6S. The van der Waals surface area contributed by atoms with Crippen molar-refractivity contribution in [2.24, 2.45) is 0 Å². The van der Waals surface area contributed by atoms with E-state index in [9.17, 15) is 17.6 Å². The number of ether oxygens (including phenoxy) is 2. The Kier molecular flexibility index (Phi) is 6.23. The summed E-state index contributed by atoms with van der Waals surface area (Å²) in [6.07, 6.45) is -0.395. The van der Waals surface area contributed by atoms with Gasteiger partial charge in [0.1, 0.15) is 11.6 Å². The van der Waals surface area contributed by atoms with Crippen LogP contribution in [0.15, 0.2) is 41.3 Å². The highest BCUT2D eigenvalue weighted by Crippen LogP contribution is 2.27. The normalized spacial score (nSPS) is 14.5. The van der Waals surface area contributed by atoms with Crippen LogP contribution in [0.25, 0.3) is 0 Å². The molecule has 10 heteroatoms. The van der Waals surface area contributed by atoms with E-state index in [0.717, 1.165) is 6.07 Å². The fourth-order valence-electron chi connectivity index (χ4n) is 3.07. The van der Waals surface area contributed by atoms with Crippen LogP contribution < -0.4 is 14.4 Å². The van der Waals surface area contributed by atoms with Gasteiger partial charge >= 0.3 is 5.97 Å². The first kappa shape index (κ1) is 20.9. The first-order valence-electron chi connectivity index (χ1n) is 8.83. The molecule has 0 saturated carbocycles. The van der Waals surface area contributed by atoms with E-state index in [4.69, 9.17) is 14.6 Å². The van der Waals surface area contributed by atoms with Gasteiger partial charge < -0.3 is 19.5 Å². The van der Waals surface area contributed by atoms with E-state index in [2.05, 4.69) is 4.72 Å². The number of carboxylic acids is 1. The Bertz CT molecular complexity index is 1010. The van der Waals surface area contributed by atoms with E-state index in [-0.39, 0.29) is 21.9 Å². The smallest absolute Gasteiger partial charge is 0.307 e. The van der Waals surface area contributed by atoms with Gasteiger partial charge in [0.2, 0.25) is 0 Å². The standard InChI is InChI=1S/C19H21FN2O6S/c1-27-18-3-2-17(8-13(18)9-19(23)24)29(25,26)21-15-10-14(20)11-16(12-15)22-4-6-28-7-5-22/h2-3,8,10-12,21H,4-7,9H2,1H3,(H,23,24). The van der Waals surface area contributed by atoms with Crippen molar-refractivity contribution in [3.05, 3.63) is 47.8 Å². The molecule has 156 valence electrons. The van der Waals surface area contributed by atoms with Crippen molar-refractivity contribution in [3.63, 3.8) is 0 Å². The van der Waals surface area contributed by atoms with Gasteiger partial charge in [-0.15, -0.1) is 0 Å². The average Bonchev–Trinajstić information content (AvgIpc) is 2.67. The lowest BCUT2D eigenvalue weighted by Crippen LogP contribution is -2.36. The van der Waals surface area contributed by atoms with Gasteiger partial charge in [-0.2, -0.15) is 0 Å². The molecule has 1 heterocycles. The number of nitrogens with one attached hydrogen (secondary N) is 1. The number of nitrogens with zero attached hydrogens (tertiary/aromatic N) is 1. The van der Waals surface area contributed by atoms with Crippen LogP contribution in [-0.4, -0.2) is 52.9 Å². The molecule has 0 spiro atoms. The summed E-state index contributed by atoms with van der Waals surface area (Å²) in [6.45, 7) is 2.17. The molecule has 0 radical (unpaired) electrons. The summed E-state index contributed by atoms with van der Waals surface area (Å²) in [7, 11) is -2.70. The molecule has 8 nitrogen and oxygen atoms in total. The minimum Gasteiger partial charge on any atom is -0.496 e. The fourth-order valence-corrected chi connectivity index (χ4v) is 4.17. The van der Waals surface area contributed by atoms with Gasteiger partial charge in [-0.3, -0.25) is 9.52 Å². The van der Waals surface area contributed by atoms with E-state index < -0.39 is 28.2 Å². The highest BCUT2D eigenvalue weighted by molar-refractivity contribution is 7.92. The number of aliphatic carboxylic acids is 1. The summed E-state index contributed by atoms with van der Waals surface area (Å²) in [4.78, 5) is 12.8. The summed E-state index contributed by atoms with van der Waals surface area (Å²) in [5, 5.41) is 9.02. The number of anilines is 2. The Hall–Kier alpha value is -2.85. The first-order valence-corrected chi connectivity index (χ1v) is 10.3. The number of rotatable bonds is 7. The maximum atomic E-state index is 14.1. The third-order valence-electron chi connectivity index (χ3n) is 4.41. The van der Waals surface area contributed by atoms with Crippen molar-refractivity contribution in [2.75, 3.05) is 43.0 Å². The predicted molar refractivity (Wildman–Crippen MR) is 105 cm³/mol. The van der Waals surface area contributed by atoms with Crippen molar-refractivity contribution in [1.29, 1.82) is 0 Å². The lowest BCUT2D eigenvalue weighted by Gasteiger charge is -2.29. The first-order chi connectivity index (χ1) is 13.8. The molecule has 0 unspecified atom stereocenters. The third-order valence-corrected chi connectivity index (χ3v) is 5.79. The summed E-state index contributed by atoms with van der Waals surface area (Å²) in [5.74, 6) is -1.43. The van der Waals surface area contributed by atoms with E-state index in [1.165, 1.54) is 31.4 Å². The highest BCUT2D eigenvalue weighted by atomic mass is 32.2. The van der Waals surface area contributed by atoms with Gasteiger partial charge in [0, 0.05) is 24.3 Å². The predicted octanol–water partition coefficient (Wildman–Crippen LogP) is 2.10. The maximum absolute atomic E-state index is 14.1. The Morgan fingerprint density at radius 2 is 1.97 bits per heavy atom. The van der Waals surface area contributed by atoms with Crippen molar-refractivity contribution in [3.8, 4) is 5.75 Å². The van der Waals surface area contributed by atoms with Crippen molar-refractivity contribution >= 4 is 27.4 Å². The number of carbonyl (C=O) groups is 1. The number of benzene rings is 2. The van der Waals surface area contributed by atoms with E-state index >= 15 is 0 Å². The molecule has 1 fully saturated rings. The Morgan fingerprint density at radius 1 is 1.24 bits per heavy atom. The van der Waals surface area contributed by atoms with Gasteiger partial charge in [0.25, 0.3) is 10.0 Å². The average molecular weight is 424 g/mol. The molecular weight excluding hydrogens is 403 g/mol. The van der Waals surface area contributed by atoms with Crippen LogP contribution in [0.2, 0.25) is 0 Å². The number of morpholine rings is 1. The number of hydrogen-bond acceptors (Lipinski definition) is 6. The molecule has 3 rings (SSSR count). The molecule has 1 aliphatic rings. The van der Waals surface area contributed by atoms with Gasteiger partial charge in [-0.25, -0.2) is 12.8 Å². The molecule has 0 atom stereocenters. The lowest BCUT2D eigenvalue weighted by molar-refractivity contribution is -0.136. The molecule has 2 N–H and O–H groups in total. The second kappa shape index (κ2) is 8.66. The zero-order valence-electron chi connectivity index (χ0n) is 15.7. The molecule has 29 heavy (non-hydrogen) atoms. The van der Waals surface area contributed by atoms with Crippen molar-refractivity contribution < 1.29 is 32.2 Å². The quantitative estimate of drug-likeness (QED) is 0.701. The van der Waals surface area contributed by atoms with Gasteiger partial charge in [0.05, 0.1) is 37.3 Å². The molecule has 2 aromatic carbocycles. The minimum atomic E-state index is -4.07. The second-order valence-corrected chi connectivity index (χ2v) is 8.13. The topological polar surface area (TPSA) is 105 Å². The van der Waals surface area contributed by atoms with E-state index in [1.807, 2.05) is 4.90 Å². The summed E-state index contributed by atoms with van der Waals surface area (Å²) in [6, 6.07) is 7.89. The molecule has 2 aromatic rings. The van der Waals surface area contributed by atoms with Crippen molar-refractivity contribution in [2.45, 2.75) is 11.3 Å². The molecule has 1 saturated heterocycles. The third kappa shape index (κ3) is 5.15. The largest absolute Gasteiger partial charge is 0.496 e. The van der Waals surface area contributed by atoms with E-state index in [1.54, 1.807) is 6.07 Å². The monoisotopic (exact) mass is 424 g/mol. The van der Waals surface area contributed by atoms with Gasteiger partial charge in [0.15, 0.2) is 0 Å². The zero-order valence-corrected chi connectivity index (χ0v) is 16.5. The molecule has 0 amide bonds. The summed E-state index contributed by atoms with van der Waals surface area (Å²) >= 11 is 0. The minimum absolute atomic E-state index is 0.0714. The number of methoxy groups -OCH3 is 1. The Balaban J connectivity index is 1.89. The summed E-state index contributed by atoms with van der Waals surface area (Å²) < 4.78 is 52.4. The van der Waals surface area contributed by atoms with Gasteiger partial charge in [-0.1, -0.05) is 0 Å². The molecule has 0 aliphatic carbocycles. The molecule has 0 aromatic heterocycles. The zero-order chi connectivity index (χ0) is 21.0. The van der Waals surface area contributed by atoms with Crippen LogP contribution in [0.3, 0.4) is 0 Å². The second-order valence-electron chi connectivity index (χ2n) is 6.45. The van der Waals surface area contributed by atoms with Gasteiger partial charge in [-0.05, 0) is 36.4 Å². The number of sulfonamides is 1. The maximum Gasteiger partial charge on any atom is 0.307 e. The van der Waals surface area contributed by atoms with Crippen LogP contribution in [0.4, 0.5) is 15.8 Å². The molecule has 1 aliphatic heterocycles. The van der Waals surface area contributed by atoms with Crippen LogP contribution >= 0.6 is 0 Å². The lowest BCUT2D eigenvalue weighted by atomic mass is 10.1. The molecule has 0 bridgehead atoms. The van der Waals surface area contributed by atoms with E-state index in [0.29, 0.717) is 32.0 Å². The Labute approximate surface area is 167 Å². The number of hydrogen-bond donors (Lipinski definition) is 2. The summed E-state index contributed by atoms with van der Waals surface area (Å²) in [5.41, 5.74) is 0.838. The van der Waals surface area contributed by atoms with Crippen LogP contribution in [-0.2, 0) is 26.0 Å². The van der Waals surface area contributed by atoms with Crippen LogP contribution in [0.1, 0.15) is 5.56 Å². The van der Waals surface area contributed by atoms with Crippen molar-refractivity contribution in [1.82, 2.24) is 0 Å². The highest BCUT2D eigenvalue weighted by Gasteiger charge is 2.20. The van der Waals surface area contributed by atoms with Crippen LogP contribution in [0, 0.1) is 5.82 Å². The SMILES string of the molecule is COc1ccc(S(=O)(=O)Nc2cc(F)cc(N3CCOCC3)c2)cc1CC(=O)O. The van der Waals surface area contributed by atoms with Crippen LogP contribution in [0.5, 0.6) is 5.75 Å². The Morgan fingerprint density at radius 3 is 2.62 bits per heavy atom.